The van der Waals surface area contributed by atoms with Crippen LogP contribution in [-0.4, -0.2) is 26.4 Å². The molecule has 0 amide bonds. The fourth-order valence-electron chi connectivity index (χ4n) is 21.4. The molecule has 12 rings (SSSR count). The van der Waals surface area contributed by atoms with E-state index in [0.29, 0.717) is 0 Å². The minimum absolute atomic E-state index is 0. The van der Waals surface area contributed by atoms with Gasteiger partial charge in [-0.25, -0.2) is 0 Å². The largest absolute Gasteiger partial charge is 1.00 e. The van der Waals surface area contributed by atoms with Crippen LogP contribution in [0.1, 0.15) is 266 Å². The Bertz CT molecular complexity index is 2930. The van der Waals surface area contributed by atoms with Crippen molar-refractivity contribution in [1.29, 1.82) is 0 Å². The quantitative estimate of drug-likeness (QED) is 0.281. The van der Waals surface area contributed by atoms with Gasteiger partial charge in [0.15, 0.2) is 0 Å². The normalized spacial score (nSPS) is 36.0. The van der Waals surface area contributed by atoms with Gasteiger partial charge in [-0.1, -0.05) is 120 Å². The third-order valence-electron chi connectivity index (χ3n) is 30.0. The molecule has 502 valence electrons. The zero-order valence-electron chi connectivity index (χ0n) is 66.6. The predicted octanol–water partition coefficient (Wildman–Crippen LogP) is 19.4. The first-order chi connectivity index (χ1) is 42.0. The van der Waals surface area contributed by atoms with Gasteiger partial charge in [0.2, 0.25) is 0 Å². The molecule has 1 aromatic rings. The zero-order valence-corrected chi connectivity index (χ0v) is 70.6. The first-order valence-corrected chi connectivity index (χ1v) is 37.1. The summed E-state index contributed by atoms with van der Waals surface area (Å²) < 4.78 is 9.89. The third-order valence-corrected chi connectivity index (χ3v) is 30.0. The maximum atomic E-state index is 4.94. The van der Waals surface area contributed by atoms with Crippen LogP contribution in [-0.2, 0) is 9.47 Å². The Kier molecular flexibility index (Phi) is 29.3. The van der Waals surface area contributed by atoms with Crippen molar-refractivity contribution in [2.45, 2.75) is 260 Å². The first kappa shape index (κ1) is 81.2. The van der Waals surface area contributed by atoms with E-state index in [9.17, 15) is 0 Å². The van der Waals surface area contributed by atoms with Gasteiger partial charge in [-0.2, -0.15) is 0 Å². The van der Waals surface area contributed by atoms with Crippen LogP contribution < -0.4 is 59.1 Å². The van der Waals surface area contributed by atoms with Crippen molar-refractivity contribution in [3.05, 3.63) is 135 Å². The van der Waals surface area contributed by atoms with Crippen LogP contribution >= 0.6 is 0 Å². The van der Waals surface area contributed by atoms with Crippen molar-refractivity contribution in [1.82, 2.24) is 0 Å². The first-order valence-electron chi connectivity index (χ1n) is 37.1. The van der Waals surface area contributed by atoms with E-state index in [1.54, 1.807) is 89.2 Å². The molecule has 9 aliphatic carbocycles. The minimum Gasteiger partial charge on any atom is -0.381 e. The van der Waals surface area contributed by atoms with Gasteiger partial charge < -0.3 is 9.47 Å². The molecule has 2 heterocycles. The van der Waals surface area contributed by atoms with E-state index < -0.39 is 0 Å². The number of hydrogen-bond acceptors (Lipinski definition) is 2. The minimum atomic E-state index is 0. The van der Waals surface area contributed by atoms with Crippen molar-refractivity contribution < 1.29 is 68.6 Å². The van der Waals surface area contributed by atoms with Crippen molar-refractivity contribution >= 4 is 11.1 Å². The van der Waals surface area contributed by atoms with E-state index in [1.165, 1.54) is 88.6 Å². The van der Waals surface area contributed by atoms with Gasteiger partial charge in [-0.3, -0.25) is 0 Å². The van der Waals surface area contributed by atoms with E-state index in [0.717, 1.165) is 145 Å². The molecule has 6 fully saturated rings. The molecule has 11 aliphatic rings. The molecule has 92 heavy (non-hydrogen) atoms. The summed E-state index contributed by atoms with van der Waals surface area (Å²) in [5.41, 5.74) is 38.5. The Morgan fingerprint density at radius 1 is 0.250 bits per heavy atom. The topological polar surface area (TPSA) is 18.5 Å². The third kappa shape index (κ3) is 14.9. The molecule has 4 heteroatoms. The summed E-state index contributed by atoms with van der Waals surface area (Å²) in [4.78, 5) is 0. The molecule has 2 nitrogen and oxygen atoms in total. The standard InChI is InChI=1S/C32H50.2C16H26.C16H20.2C4H8O.2Na/c1-15-17(3)23(9)31-27(19(5)25(11)29(31)21(15)7)13-14-28-20(6)26(12)30-22(8)16(2)18(4)24(10)32(28)30;3*1-8-9(2)12(5)16-14(7)10(3)13(6)15(16)11(8)4;2*1-2-4-5-3-1;;/h19-20,25-32H,13-14H2,1-12H3;2*10,13-16H,1-7H3;6H2,1-5,7H3;2*1-4H2;;/q;;;;;;2*+1. The second-order valence-electron chi connectivity index (χ2n) is 32.8. The molecule has 2 saturated heterocycles. The Hall–Kier alpha value is -1.46. The average molecular weight is 1270 g/mol. The summed E-state index contributed by atoms with van der Waals surface area (Å²) in [5.74, 6) is 16.4. The summed E-state index contributed by atoms with van der Waals surface area (Å²) in [6, 6.07) is 0. The monoisotopic (exact) mass is 1270 g/mol. The predicted molar refractivity (Wildman–Crippen MR) is 396 cm³/mol. The van der Waals surface area contributed by atoms with Gasteiger partial charge >= 0.3 is 59.1 Å². The fourth-order valence-corrected chi connectivity index (χ4v) is 21.4. The van der Waals surface area contributed by atoms with Crippen LogP contribution in [0.2, 0.25) is 0 Å². The zero-order chi connectivity index (χ0) is 67.5. The van der Waals surface area contributed by atoms with E-state index in [-0.39, 0.29) is 59.1 Å². The number of ether oxygens (including phenoxy) is 2. The summed E-state index contributed by atoms with van der Waals surface area (Å²) in [6.45, 7) is 84.5. The van der Waals surface area contributed by atoms with Gasteiger partial charge in [0.05, 0.1) is 0 Å². The Morgan fingerprint density at radius 2 is 0.457 bits per heavy atom. The van der Waals surface area contributed by atoms with Crippen LogP contribution in [0, 0.1) is 146 Å². The van der Waals surface area contributed by atoms with Crippen molar-refractivity contribution in [2.24, 2.45) is 118 Å². The number of fused-ring (bicyclic) bond motifs is 5. The molecule has 18 unspecified atom stereocenters. The van der Waals surface area contributed by atoms with Crippen molar-refractivity contribution in [2.75, 3.05) is 26.4 Å². The molecule has 0 radical (unpaired) electrons. The van der Waals surface area contributed by atoms with Gasteiger partial charge in [0.25, 0.3) is 0 Å². The second-order valence-corrected chi connectivity index (χ2v) is 32.8. The van der Waals surface area contributed by atoms with E-state index in [2.05, 4.69) is 228 Å². The Morgan fingerprint density at radius 3 is 0.685 bits per heavy atom. The number of hydrogen-bond donors (Lipinski definition) is 0. The van der Waals surface area contributed by atoms with Gasteiger partial charge in [-0.15, -0.1) is 0 Å². The van der Waals surface area contributed by atoms with E-state index >= 15 is 0 Å². The van der Waals surface area contributed by atoms with Gasteiger partial charge in [0.1, 0.15) is 0 Å². The number of allylic oxidation sites excluding steroid dienone is 19. The molecular weight excluding hydrogens is 1130 g/mol. The molecule has 1 aromatic carbocycles. The smallest absolute Gasteiger partial charge is 0.381 e. The number of benzene rings is 1. The fraction of sp³-hybridized carbons (Fsp3) is 0.705. The van der Waals surface area contributed by atoms with Crippen LogP contribution in [0.15, 0.2) is 101 Å². The summed E-state index contributed by atoms with van der Waals surface area (Å²) >= 11 is 0. The Labute approximate surface area is 613 Å². The van der Waals surface area contributed by atoms with E-state index in [1.807, 2.05) is 0 Å². The SMILES string of the molecule is C1CCOC1.C1CCOC1.C=C1C(C)=C(C)c2c(C)c(C)c(C)c(C)c21.CC1=C(C)C2C(C)C(C)C(C)C2C(C)=C1C.CC1=C(C)C2C(C)C(C)C(C)C2C(C)=C1C.CC1=C(C)C2C(C)C(C)C(CCC3C(C)C(C)C4C(C)=C(C)C(C)=C(C)C34)C2C(C)=C1C.[Na+].[Na+]. The van der Waals surface area contributed by atoms with Crippen LogP contribution in [0.4, 0.5) is 0 Å². The van der Waals surface area contributed by atoms with Crippen LogP contribution in [0.25, 0.3) is 11.1 Å². The van der Waals surface area contributed by atoms with Crippen LogP contribution in [0.5, 0.6) is 0 Å². The molecule has 4 saturated carbocycles. The van der Waals surface area contributed by atoms with Crippen LogP contribution in [0.3, 0.4) is 0 Å². The van der Waals surface area contributed by atoms with Gasteiger partial charge in [0, 0.05) is 26.4 Å². The second kappa shape index (κ2) is 33.1. The Balaban J connectivity index is 0.000000219. The summed E-state index contributed by atoms with van der Waals surface area (Å²) in [6.07, 6.45) is 7.95. The molecule has 0 spiro atoms. The van der Waals surface area contributed by atoms with E-state index in [4.69, 9.17) is 9.47 Å². The van der Waals surface area contributed by atoms with Crippen molar-refractivity contribution in [3.8, 4) is 0 Å². The molecule has 0 aromatic heterocycles. The molecule has 18 atom stereocenters. The summed E-state index contributed by atoms with van der Waals surface area (Å²) in [7, 11) is 0. The molecular formula is C88H138Na2O2+2. The molecule has 0 bridgehead atoms. The average Bonchev–Trinajstić information content (AvgIpc) is 1.59. The molecule has 2 aliphatic heterocycles. The maximum absolute atomic E-state index is 4.94. The maximum Gasteiger partial charge on any atom is 1.00 e. The number of rotatable bonds is 3. The molecule has 0 N–H and O–H groups in total. The van der Waals surface area contributed by atoms with Gasteiger partial charge in [-0.05, 0) is 404 Å². The van der Waals surface area contributed by atoms with Crippen molar-refractivity contribution in [3.63, 3.8) is 0 Å². The summed E-state index contributed by atoms with van der Waals surface area (Å²) in [5, 5.41) is 0.